The van der Waals surface area contributed by atoms with Gasteiger partial charge in [-0.25, -0.2) is 12.7 Å². The summed E-state index contributed by atoms with van der Waals surface area (Å²) in [7, 11) is 0.971. The molecular weight excluding hydrogens is 352 g/mol. The number of ether oxygens (including phenoxy) is 1. The van der Waals surface area contributed by atoms with Gasteiger partial charge in [0, 0.05) is 19.8 Å². The third-order valence-corrected chi connectivity index (χ3v) is 5.91. The van der Waals surface area contributed by atoms with Crippen LogP contribution < -0.4 is 10.1 Å². The van der Waals surface area contributed by atoms with Gasteiger partial charge in [-0.2, -0.15) is 0 Å². The molecule has 0 radical (unpaired) electrons. The molecule has 2 rings (SSSR count). The van der Waals surface area contributed by atoms with Crippen molar-refractivity contribution in [3.63, 3.8) is 0 Å². The molecule has 0 atom stereocenters. The molecule has 7 heteroatoms. The molecule has 140 valence electrons. The second-order valence-electron chi connectivity index (χ2n) is 6.29. The third kappa shape index (κ3) is 4.42. The molecule has 2 aromatic rings. The van der Waals surface area contributed by atoms with Crippen LogP contribution in [0.5, 0.6) is 5.75 Å². The lowest BCUT2D eigenvalue weighted by Gasteiger charge is -2.14. The van der Waals surface area contributed by atoms with E-state index in [-0.39, 0.29) is 17.2 Å². The molecule has 0 aliphatic carbocycles. The van der Waals surface area contributed by atoms with Gasteiger partial charge < -0.3 is 10.1 Å². The van der Waals surface area contributed by atoms with Crippen LogP contribution in [0.15, 0.2) is 41.3 Å². The monoisotopic (exact) mass is 376 g/mol. The molecule has 6 nitrogen and oxygen atoms in total. The first kappa shape index (κ1) is 19.9. The van der Waals surface area contributed by atoms with Gasteiger partial charge in [-0.3, -0.25) is 4.79 Å². The molecule has 0 aromatic heterocycles. The maximum absolute atomic E-state index is 12.4. The molecule has 0 saturated carbocycles. The largest absolute Gasteiger partial charge is 0.496 e. The second-order valence-corrected chi connectivity index (χ2v) is 8.44. The molecule has 1 N–H and O–H groups in total. The fourth-order valence-corrected chi connectivity index (χ4v) is 3.39. The zero-order valence-electron chi connectivity index (χ0n) is 15.7. The fraction of sp³-hybridized carbons (Fsp3) is 0.316. The van der Waals surface area contributed by atoms with Gasteiger partial charge in [-0.1, -0.05) is 18.2 Å². The van der Waals surface area contributed by atoms with Crippen LogP contribution in [0.2, 0.25) is 0 Å². The van der Waals surface area contributed by atoms with Gasteiger partial charge in [0.05, 0.1) is 18.4 Å². The van der Waals surface area contributed by atoms with Gasteiger partial charge in [0.2, 0.25) is 15.9 Å². The van der Waals surface area contributed by atoms with E-state index in [1.54, 1.807) is 13.2 Å². The molecule has 0 unspecified atom stereocenters. The van der Waals surface area contributed by atoms with E-state index in [0.29, 0.717) is 5.69 Å². The summed E-state index contributed by atoms with van der Waals surface area (Å²) in [6, 6.07) is 10.3. The molecular formula is C19H24N2O4S. The first-order valence-corrected chi connectivity index (χ1v) is 9.55. The molecule has 0 heterocycles. The Kier molecular flexibility index (Phi) is 6.05. The van der Waals surface area contributed by atoms with E-state index in [1.165, 1.54) is 26.2 Å². The highest BCUT2D eigenvalue weighted by molar-refractivity contribution is 7.89. The van der Waals surface area contributed by atoms with Crippen LogP contribution in [0.25, 0.3) is 0 Å². The Labute approximate surface area is 154 Å². The zero-order valence-corrected chi connectivity index (χ0v) is 16.5. The Morgan fingerprint density at radius 1 is 1.08 bits per heavy atom. The van der Waals surface area contributed by atoms with Crippen LogP contribution in [0.3, 0.4) is 0 Å². The highest BCUT2D eigenvalue weighted by atomic mass is 32.2. The van der Waals surface area contributed by atoms with Crippen LogP contribution in [-0.4, -0.2) is 39.8 Å². The summed E-state index contributed by atoms with van der Waals surface area (Å²) in [6.07, 6.45) is 0.167. The Hall–Kier alpha value is -2.38. The van der Waals surface area contributed by atoms with E-state index in [9.17, 15) is 13.2 Å². The lowest BCUT2D eigenvalue weighted by molar-refractivity contribution is -0.115. The molecule has 0 saturated heterocycles. The number of carbonyl (C=O) groups excluding carboxylic acids is 1. The van der Waals surface area contributed by atoms with Crippen molar-refractivity contribution < 1.29 is 17.9 Å². The van der Waals surface area contributed by atoms with Gasteiger partial charge >= 0.3 is 0 Å². The number of sulfonamides is 1. The molecule has 26 heavy (non-hydrogen) atoms. The van der Waals surface area contributed by atoms with Gasteiger partial charge in [-0.15, -0.1) is 0 Å². The van der Waals surface area contributed by atoms with E-state index < -0.39 is 10.0 Å². The fourth-order valence-electron chi connectivity index (χ4n) is 2.46. The first-order chi connectivity index (χ1) is 12.1. The quantitative estimate of drug-likeness (QED) is 0.841. The highest BCUT2D eigenvalue weighted by Gasteiger charge is 2.18. The van der Waals surface area contributed by atoms with Gasteiger partial charge in [0.25, 0.3) is 0 Å². The summed E-state index contributed by atoms with van der Waals surface area (Å²) < 4.78 is 31.0. The van der Waals surface area contributed by atoms with Crippen LogP contribution in [0.4, 0.5) is 5.69 Å². The number of benzene rings is 2. The van der Waals surface area contributed by atoms with Crippen molar-refractivity contribution in [2.24, 2.45) is 0 Å². The summed E-state index contributed by atoms with van der Waals surface area (Å²) >= 11 is 0. The van der Waals surface area contributed by atoms with Gasteiger partial charge in [-0.05, 0) is 48.7 Å². The molecule has 0 aliphatic heterocycles. The lowest BCUT2D eigenvalue weighted by atomic mass is 10.1. The number of methoxy groups -OCH3 is 1. The van der Waals surface area contributed by atoms with E-state index in [1.807, 2.05) is 32.0 Å². The molecule has 0 fully saturated rings. The number of hydrogen-bond donors (Lipinski definition) is 1. The number of nitrogens with zero attached hydrogens (tertiary/aromatic N) is 1. The number of anilines is 1. The summed E-state index contributed by atoms with van der Waals surface area (Å²) in [5.41, 5.74) is 3.09. The van der Waals surface area contributed by atoms with Gasteiger partial charge in [0.1, 0.15) is 5.75 Å². The van der Waals surface area contributed by atoms with E-state index in [4.69, 9.17) is 4.74 Å². The molecule has 0 aliphatic rings. The standard InChI is InChI=1S/C19H24N2O4S/c1-13-7-9-16(26(23,24)21(3)4)12-17(13)20-19(22)11-15-8-6-14(2)18(10-15)25-5/h6-10,12H,11H2,1-5H3,(H,20,22). The third-order valence-electron chi connectivity index (χ3n) is 4.10. The molecule has 1 amide bonds. The minimum atomic E-state index is -3.56. The van der Waals surface area contributed by atoms with Crippen molar-refractivity contribution in [3.05, 3.63) is 53.1 Å². The summed E-state index contributed by atoms with van der Waals surface area (Å²) in [5, 5.41) is 2.80. The van der Waals surface area contributed by atoms with Crippen LogP contribution in [0, 0.1) is 13.8 Å². The number of nitrogens with one attached hydrogen (secondary N) is 1. The molecule has 0 bridgehead atoms. The number of carbonyl (C=O) groups is 1. The van der Waals surface area contributed by atoms with Crippen molar-refractivity contribution >= 4 is 21.6 Å². The Balaban J connectivity index is 2.21. The van der Waals surface area contributed by atoms with E-state index in [0.717, 1.165) is 26.7 Å². The SMILES string of the molecule is COc1cc(CC(=O)Nc2cc(S(=O)(=O)N(C)C)ccc2C)ccc1C. The number of aryl methyl sites for hydroxylation is 2. The summed E-state index contributed by atoms with van der Waals surface area (Å²) in [4.78, 5) is 12.5. The minimum Gasteiger partial charge on any atom is -0.496 e. The van der Waals surface area contributed by atoms with Crippen molar-refractivity contribution in [2.45, 2.75) is 25.2 Å². The van der Waals surface area contributed by atoms with Crippen molar-refractivity contribution in [2.75, 3.05) is 26.5 Å². The maximum Gasteiger partial charge on any atom is 0.242 e. The predicted octanol–water partition coefficient (Wildman–Crippen LogP) is 2.74. The topological polar surface area (TPSA) is 75.7 Å². The minimum absolute atomic E-state index is 0.139. The van der Waals surface area contributed by atoms with Crippen LogP contribution >= 0.6 is 0 Å². The Morgan fingerprint density at radius 3 is 2.35 bits per heavy atom. The van der Waals surface area contributed by atoms with Crippen molar-refractivity contribution in [3.8, 4) is 5.75 Å². The highest BCUT2D eigenvalue weighted by Crippen LogP contribution is 2.23. The smallest absolute Gasteiger partial charge is 0.242 e. The van der Waals surface area contributed by atoms with Crippen LogP contribution in [-0.2, 0) is 21.2 Å². The van der Waals surface area contributed by atoms with E-state index in [2.05, 4.69) is 5.32 Å². The van der Waals surface area contributed by atoms with Gasteiger partial charge in [0.15, 0.2) is 0 Å². The van der Waals surface area contributed by atoms with Crippen molar-refractivity contribution in [1.82, 2.24) is 4.31 Å². The maximum atomic E-state index is 12.4. The summed E-state index contributed by atoms with van der Waals surface area (Å²) in [5.74, 6) is 0.504. The Morgan fingerprint density at radius 2 is 1.73 bits per heavy atom. The average molecular weight is 376 g/mol. The number of rotatable bonds is 6. The first-order valence-electron chi connectivity index (χ1n) is 8.11. The van der Waals surface area contributed by atoms with Crippen molar-refractivity contribution in [1.29, 1.82) is 0 Å². The average Bonchev–Trinajstić information content (AvgIpc) is 2.58. The molecule has 2 aromatic carbocycles. The normalized spacial score (nSPS) is 11.5. The second kappa shape index (κ2) is 7.88. The predicted molar refractivity (Wildman–Crippen MR) is 102 cm³/mol. The molecule has 0 spiro atoms. The zero-order chi connectivity index (χ0) is 19.5. The number of hydrogen-bond acceptors (Lipinski definition) is 4. The lowest BCUT2D eigenvalue weighted by Crippen LogP contribution is -2.22. The Bertz CT molecular complexity index is 921. The van der Waals surface area contributed by atoms with Crippen LogP contribution in [0.1, 0.15) is 16.7 Å². The number of amides is 1. The summed E-state index contributed by atoms with van der Waals surface area (Å²) in [6.45, 7) is 3.75. The van der Waals surface area contributed by atoms with E-state index >= 15 is 0 Å².